The van der Waals surface area contributed by atoms with Crippen LogP contribution in [0.3, 0.4) is 0 Å². The SMILES string of the molecule is Cc1cc(C)n(-c2ccc(SCC(=O)Nc3ccccc3N3CCCC3=O)nn2)n1. The maximum Gasteiger partial charge on any atom is 0.234 e. The number of hydrogen-bond acceptors (Lipinski definition) is 6. The van der Waals surface area contributed by atoms with E-state index in [0.29, 0.717) is 29.5 Å². The Hall–Kier alpha value is -3.20. The molecule has 0 aliphatic carbocycles. The number of amides is 2. The van der Waals surface area contributed by atoms with E-state index in [1.54, 1.807) is 9.58 Å². The first-order chi connectivity index (χ1) is 14.5. The van der Waals surface area contributed by atoms with Crippen LogP contribution in [0, 0.1) is 13.8 Å². The third kappa shape index (κ3) is 4.35. The van der Waals surface area contributed by atoms with E-state index in [1.807, 2.05) is 56.3 Å². The van der Waals surface area contributed by atoms with E-state index in [9.17, 15) is 9.59 Å². The molecule has 1 N–H and O–H groups in total. The van der Waals surface area contributed by atoms with Gasteiger partial charge >= 0.3 is 0 Å². The molecule has 3 heterocycles. The molecule has 154 valence electrons. The Kier molecular flexibility index (Phi) is 5.80. The van der Waals surface area contributed by atoms with E-state index in [4.69, 9.17) is 0 Å². The maximum absolute atomic E-state index is 12.5. The lowest BCUT2D eigenvalue weighted by atomic mass is 10.2. The van der Waals surface area contributed by atoms with Crippen molar-refractivity contribution in [1.82, 2.24) is 20.0 Å². The summed E-state index contributed by atoms with van der Waals surface area (Å²) < 4.78 is 1.74. The van der Waals surface area contributed by atoms with Gasteiger partial charge in [-0.05, 0) is 50.6 Å². The Morgan fingerprint density at radius 1 is 1.17 bits per heavy atom. The van der Waals surface area contributed by atoms with Crippen molar-refractivity contribution in [3.8, 4) is 5.82 Å². The fraction of sp³-hybridized carbons (Fsp3) is 0.286. The average molecular weight is 423 g/mol. The van der Waals surface area contributed by atoms with Gasteiger partial charge in [-0.15, -0.1) is 10.2 Å². The van der Waals surface area contributed by atoms with E-state index in [-0.39, 0.29) is 17.6 Å². The summed E-state index contributed by atoms with van der Waals surface area (Å²) in [4.78, 5) is 26.3. The molecule has 30 heavy (non-hydrogen) atoms. The highest BCUT2D eigenvalue weighted by molar-refractivity contribution is 7.99. The van der Waals surface area contributed by atoms with Crippen LogP contribution >= 0.6 is 11.8 Å². The van der Waals surface area contributed by atoms with Gasteiger partial charge in [0.2, 0.25) is 11.8 Å². The second-order valence-corrected chi connectivity index (χ2v) is 8.07. The predicted molar refractivity (Wildman–Crippen MR) is 116 cm³/mol. The molecule has 1 aliphatic rings. The Bertz CT molecular complexity index is 1080. The summed E-state index contributed by atoms with van der Waals surface area (Å²) in [7, 11) is 0. The second kappa shape index (κ2) is 8.66. The third-order valence-corrected chi connectivity index (χ3v) is 5.67. The first kappa shape index (κ1) is 20.1. The lowest BCUT2D eigenvalue weighted by Gasteiger charge is -2.19. The fourth-order valence-corrected chi connectivity index (χ4v) is 4.02. The number of nitrogens with zero attached hydrogens (tertiary/aromatic N) is 5. The topological polar surface area (TPSA) is 93.0 Å². The van der Waals surface area contributed by atoms with Crippen molar-refractivity contribution in [3.05, 3.63) is 53.9 Å². The van der Waals surface area contributed by atoms with Crippen LogP contribution in [0.4, 0.5) is 11.4 Å². The Morgan fingerprint density at radius 3 is 2.67 bits per heavy atom. The highest BCUT2D eigenvalue weighted by atomic mass is 32.2. The van der Waals surface area contributed by atoms with E-state index < -0.39 is 0 Å². The zero-order valence-corrected chi connectivity index (χ0v) is 17.6. The monoisotopic (exact) mass is 422 g/mol. The van der Waals surface area contributed by atoms with Gasteiger partial charge in [0.15, 0.2) is 5.82 Å². The number of aromatic nitrogens is 4. The van der Waals surface area contributed by atoms with Gasteiger partial charge < -0.3 is 10.2 Å². The molecule has 2 aromatic heterocycles. The molecule has 2 amide bonds. The molecule has 1 saturated heterocycles. The maximum atomic E-state index is 12.5. The Morgan fingerprint density at radius 2 is 2.00 bits per heavy atom. The number of carbonyl (C=O) groups is 2. The summed E-state index contributed by atoms with van der Waals surface area (Å²) in [6, 6.07) is 13.0. The molecule has 0 atom stereocenters. The summed E-state index contributed by atoms with van der Waals surface area (Å²) in [6.07, 6.45) is 1.38. The third-order valence-electron chi connectivity index (χ3n) is 4.75. The van der Waals surface area contributed by atoms with Gasteiger partial charge in [-0.25, -0.2) is 4.68 Å². The molecule has 8 nitrogen and oxygen atoms in total. The number of anilines is 2. The number of carbonyl (C=O) groups excluding carboxylic acids is 2. The van der Waals surface area contributed by atoms with Crippen molar-refractivity contribution < 1.29 is 9.59 Å². The van der Waals surface area contributed by atoms with Crippen LogP contribution in [0.5, 0.6) is 0 Å². The molecule has 1 fully saturated rings. The fourth-order valence-electron chi connectivity index (χ4n) is 3.41. The number of aryl methyl sites for hydroxylation is 2. The van der Waals surface area contributed by atoms with Gasteiger partial charge in [-0.3, -0.25) is 9.59 Å². The van der Waals surface area contributed by atoms with E-state index in [2.05, 4.69) is 20.6 Å². The summed E-state index contributed by atoms with van der Waals surface area (Å²) >= 11 is 1.30. The number of para-hydroxylation sites is 2. The van der Waals surface area contributed by atoms with Gasteiger partial charge in [-0.1, -0.05) is 23.9 Å². The standard InChI is InChI=1S/C21H22N6O2S/c1-14-12-15(2)27(25-14)18-9-10-20(24-23-18)30-13-19(28)22-16-6-3-4-7-17(16)26-11-5-8-21(26)29/h3-4,6-7,9-10,12H,5,8,11,13H2,1-2H3,(H,22,28). The second-order valence-electron chi connectivity index (χ2n) is 7.07. The summed E-state index contributed by atoms with van der Waals surface area (Å²) in [5.41, 5.74) is 3.29. The minimum Gasteiger partial charge on any atom is -0.324 e. The lowest BCUT2D eigenvalue weighted by Crippen LogP contribution is -2.26. The number of benzene rings is 1. The first-order valence-electron chi connectivity index (χ1n) is 9.71. The molecule has 0 spiro atoms. The number of thioether (sulfide) groups is 1. The van der Waals surface area contributed by atoms with Crippen LogP contribution in [-0.2, 0) is 9.59 Å². The average Bonchev–Trinajstić information content (AvgIpc) is 3.31. The van der Waals surface area contributed by atoms with Gasteiger partial charge in [0.25, 0.3) is 0 Å². The summed E-state index contributed by atoms with van der Waals surface area (Å²) in [6.45, 7) is 4.57. The molecule has 0 bridgehead atoms. The molecule has 1 aliphatic heterocycles. The van der Waals surface area contributed by atoms with Crippen molar-refractivity contribution in [3.63, 3.8) is 0 Å². The Balaban J connectivity index is 1.38. The molecular formula is C21H22N6O2S. The quantitative estimate of drug-likeness (QED) is 0.614. The van der Waals surface area contributed by atoms with Crippen molar-refractivity contribution in [2.75, 3.05) is 22.5 Å². The molecular weight excluding hydrogens is 400 g/mol. The molecule has 3 aromatic rings. The number of hydrogen-bond donors (Lipinski definition) is 1. The van der Waals surface area contributed by atoms with E-state index >= 15 is 0 Å². The normalized spacial score (nSPS) is 13.7. The predicted octanol–water partition coefficient (Wildman–Crippen LogP) is 3.14. The zero-order chi connectivity index (χ0) is 21.1. The van der Waals surface area contributed by atoms with Crippen LogP contribution in [0.1, 0.15) is 24.2 Å². The van der Waals surface area contributed by atoms with Crippen molar-refractivity contribution >= 4 is 35.0 Å². The van der Waals surface area contributed by atoms with E-state index in [1.165, 1.54) is 11.8 Å². The van der Waals surface area contributed by atoms with Crippen LogP contribution in [0.2, 0.25) is 0 Å². The van der Waals surface area contributed by atoms with Gasteiger partial charge in [0.1, 0.15) is 5.03 Å². The van der Waals surface area contributed by atoms with Gasteiger partial charge in [-0.2, -0.15) is 5.10 Å². The highest BCUT2D eigenvalue weighted by Crippen LogP contribution is 2.29. The van der Waals surface area contributed by atoms with Crippen LogP contribution in [0.25, 0.3) is 5.82 Å². The molecule has 1 aromatic carbocycles. The van der Waals surface area contributed by atoms with Gasteiger partial charge in [0, 0.05) is 18.7 Å². The van der Waals surface area contributed by atoms with E-state index in [0.717, 1.165) is 23.5 Å². The minimum atomic E-state index is -0.163. The van der Waals surface area contributed by atoms with Crippen molar-refractivity contribution in [1.29, 1.82) is 0 Å². The zero-order valence-electron chi connectivity index (χ0n) is 16.8. The highest BCUT2D eigenvalue weighted by Gasteiger charge is 2.24. The first-order valence-corrected chi connectivity index (χ1v) is 10.7. The van der Waals surface area contributed by atoms with Crippen LogP contribution in [0.15, 0.2) is 47.5 Å². The smallest absolute Gasteiger partial charge is 0.234 e. The number of rotatable bonds is 6. The molecule has 4 rings (SSSR count). The van der Waals surface area contributed by atoms with Crippen molar-refractivity contribution in [2.24, 2.45) is 0 Å². The molecule has 0 unspecified atom stereocenters. The lowest BCUT2D eigenvalue weighted by molar-refractivity contribution is -0.117. The summed E-state index contributed by atoms with van der Waals surface area (Å²) in [5, 5.41) is 16.4. The Labute approximate surface area is 178 Å². The molecule has 0 radical (unpaired) electrons. The molecule has 9 heteroatoms. The molecule has 0 saturated carbocycles. The minimum absolute atomic E-state index is 0.0871. The summed E-state index contributed by atoms with van der Waals surface area (Å²) in [5.74, 6) is 0.752. The van der Waals surface area contributed by atoms with Crippen LogP contribution < -0.4 is 10.2 Å². The van der Waals surface area contributed by atoms with Crippen LogP contribution in [-0.4, -0.2) is 44.1 Å². The van der Waals surface area contributed by atoms with Crippen molar-refractivity contribution in [2.45, 2.75) is 31.7 Å². The number of nitrogens with one attached hydrogen (secondary N) is 1. The largest absolute Gasteiger partial charge is 0.324 e. The van der Waals surface area contributed by atoms with Gasteiger partial charge in [0.05, 0.1) is 22.8 Å².